The third-order valence-electron chi connectivity index (χ3n) is 1.94. The van der Waals surface area contributed by atoms with E-state index in [0.29, 0.717) is 6.42 Å². The molecule has 0 radical (unpaired) electrons. The summed E-state index contributed by atoms with van der Waals surface area (Å²) in [6.45, 7) is 3.57. The summed E-state index contributed by atoms with van der Waals surface area (Å²) >= 11 is 5.39. The molecule has 0 spiro atoms. The third kappa shape index (κ3) is 1.28. The molecule has 0 aromatic heterocycles. The van der Waals surface area contributed by atoms with E-state index < -0.39 is 5.54 Å². The standard InChI is InChI=1S/C6H9ClNO2P/c1-2-4-3-6(4,8-7)5(9)10-11/h2,4,8H,1,3,11H2. The van der Waals surface area contributed by atoms with Crippen molar-refractivity contribution in [3.05, 3.63) is 12.7 Å². The van der Waals surface area contributed by atoms with Crippen molar-refractivity contribution in [1.29, 1.82) is 0 Å². The highest BCUT2D eigenvalue weighted by Gasteiger charge is 2.59. The minimum Gasteiger partial charge on any atom is -0.450 e. The molecule has 3 atom stereocenters. The van der Waals surface area contributed by atoms with E-state index in [-0.39, 0.29) is 11.9 Å². The van der Waals surface area contributed by atoms with Crippen molar-refractivity contribution >= 4 is 27.2 Å². The Kier molecular flexibility index (Phi) is 2.53. The number of halogens is 1. The largest absolute Gasteiger partial charge is 0.450 e. The summed E-state index contributed by atoms with van der Waals surface area (Å²) in [4.78, 5) is 13.5. The number of hydrogen-bond acceptors (Lipinski definition) is 3. The molecule has 11 heavy (non-hydrogen) atoms. The zero-order valence-corrected chi connectivity index (χ0v) is 7.75. The monoisotopic (exact) mass is 193 g/mol. The lowest BCUT2D eigenvalue weighted by molar-refractivity contribution is -0.136. The minimum atomic E-state index is -0.717. The van der Waals surface area contributed by atoms with Crippen molar-refractivity contribution in [3.63, 3.8) is 0 Å². The summed E-state index contributed by atoms with van der Waals surface area (Å²) in [5, 5.41) is 0. The van der Waals surface area contributed by atoms with Gasteiger partial charge in [0.15, 0.2) is 0 Å². The molecule has 0 aliphatic heterocycles. The molecular formula is C6H9ClNO2P. The number of carbonyl (C=O) groups is 1. The average Bonchev–Trinajstić information content (AvgIpc) is 2.78. The van der Waals surface area contributed by atoms with Gasteiger partial charge in [-0.1, -0.05) is 6.08 Å². The lowest BCUT2D eigenvalue weighted by Gasteiger charge is -2.09. The van der Waals surface area contributed by atoms with Gasteiger partial charge in [-0.2, -0.15) is 0 Å². The molecule has 3 unspecified atom stereocenters. The Morgan fingerprint density at radius 3 is 2.91 bits per heavy atom. The summed E-state index contributed by atoms with van der Waals surface area (Å²) in [6.07, 6.45) is 2.35. The van der Waals surface area contributed by atoms with Gasteiger partial charge in [-0.05, 0) is 18.2 Å². The molecule has 0 amide bonds. The number of rotatable bonds is 3. The predicted molar refractivity (Wildman–Crippen MR) is 45.8 cm³/mol. The van der Waals surface area contributed by atoms with Crippen LogP contribution in [-0.4, -0.2) is 11.5 Å². The first-order valence-corrected chi connectivity index (χ1v) is 3.97. The van der Waals surface area contributed by atoms with E-state index >= 15 is 0 Å². The highest BCUT2D eigenvalue weighted by atomic mass is 35.5. The normalized spacial score (nSPS) is 34.5. The van der Waals surface area contributed by atoms with E-state index in [1.807, 2.05) is 9.47 Å². The Morgan fingerprint density at radius 1 is 2.00 bits per heavy atom. The quantitative estimate of drug-likeness (QED) is 0.413. The molecule has 1 fully saturated rings. The SMILES string of the molecule is C=CC1CC1(NCl)C(=O)OP. The van der Waals surface area contributed by atoms with Crippen molar-refractivity contribution in [1.82, 2.24) is 4.84 Å². The van der Waals surface area contributed by atoms with Crippen LogP contribution in [-0.2, 0) is 9.32 Å². The molecule has 5 heteroatoms. The van der Waals surface area contributed by atoms with Crippen LogP contribution in [0.3, 0.4) is 0 Å². The van der Waals surface area contributed by atoms with Gasteiger partial charge in [0, 0.05) is 5.92 Å². The zero-order chi connectivity index (χ0) is 8.48. The third-order valence-corrected chi connectivity index (χ3v) is 2.49. The highest BCUT2D eigenvalue weighted by Crippen LogP contribution is 2.45. The van der Waals surface area contributed by atoms with Gasteiger partial charge >= 0.3 is 5.97 Å². The van der Waals surface area contributed by atoms with Crippen LogP contribution in [0.25, 0.3) is 0 Å². The molecular weight excluding hydrogens is 184 g/mol. The van der Waals surface area contributed by atoms with Crippen LogP contribution in [0.2, 0.25) is 0 Å². The lowest BCUT2D eigenvalue weighted by atomic mass is 10.2. The van der Waals surface area contributed by atoms with Crippen LogP contribution < -0.4 is 4.84 Å². The second-order valence-corrected chi connectivity index (χ2v) is 2.94. The van der Waals surface area contributed by atoms with Crippen LogP contribution in [0.5, 0.6) is 0 Å². The van der Waals surface area contributed by atoms with E-state index in [0.717, 1.165) is 0 Å². The van der Waals surface area contributed by atoms with Gasteiger partial charge in [-0.15, -0.1) is 6.58 Å². The molecule has 3 nitrogen and oxygen atoms in total. The smallest absolute Gasteiger partial charge is 0.330 e. The Balaban J connectivity index is 2.66. The Hall–Kier alpha value is -0.110. The molecule has 1 rings (SSSR count). The van der Waals surface area contributed by atoms with E-state index in [1.165, 1.54) is 0 Å². The van der Waals surface area contributed by atoms with Gasteiger partial charge in [0.05, 0.1) is 9.47 Å². The van der Waals surface area contributed by atoms with Crippen molar-refractivity contribution in [3.8, 4) is 0 Å². The van der Waals surface area contributed by atoms with Crippen LogP contribution >= 0.6 is 21.2 Å². The Labute approximate surface area is 72.5 Å². The van der Waals surface area contributed by atoms with Gasteiger partial charge in [-0.25, -0.2) is 9.63 Å². The summed E-state index contributed by atoms with van der Waals surface area (Å²) in [6, 6.07) is 0. The first-order chi connectivity index (χ1) is 5.21. The number of carbonyl (C=O) groups excluding carboxylic acids is 1. The summed E-state index contributed by atoms with van der Waals surface area (Å²) in [5.74, 6) is -0.268. The van der Waals surface area contributed by atoms with Crippen LogP contribution in [0.1, 0.15) is 6.42 Å². The fourth-order valence-electron chi connectivity index (χ4n) is 1.06. The van der Waals surface area contributed by atoms with E-state index in [2.05, 4.69) is 15.9 Å². The lowest BCUT2D eigenvalue weighted by Crippen LogP contribution is -2.35. The van der Waals surface area contributed by atoms with Gasteiger partial charge in [0.2, 0.25) is 0 Å². The first kappa shape index (κ1) is 8.98. The second-order valence-electron chi connectivity index (χ2n) is 2.52. The topological polar surface area (TPSA) is 38.3 Å². The molecule has 1 saturated carbocycles. The summed E-state index contributed by atoms with van der Waals surface area (Å²) in [5.41, 5.74) is -0.717. The summed E-state index contributed by atoms with van der Waals surface area (Å²) < 4.78 is 4.48. The Morgan fingerprint density at radius 2 is 2.64 bits per heavy atom. The second kappa shape index (κ2) is 3.10. The van der Waals surface area contributed by atoms with Crippen molar-refractivity contribution in [2.24, 2.45) is 5.92 Å². The molecule has 1 N–H and O–H groups in total. The van der Waals surface area contributed by atoms with E-state index in [1.54, 1.807) is 6.08 Å². The molecule has 0 aromatic carbocycles. The number of hydrogen-bond donors (Lipinski definition) is 1. The van der Waals surface area contributed by atoms with E-state index in [9.17, 15) is 4.79 Å². The maximum atomic E-state index is 11.1. The van der Waals surface area contributed by atoms with Crippen molar-refractivity contribution in [2.45, 2.75) is 12.0 Å². The number of nitrogens with one attached hydrogen (secondary N) is 1. The fraction of sp³-hybridized carbons (Fsp3) is 0.500. The average molecular weight is 194 g/mol. The highest BCUT2D eigenvalue weighted by molar-refractivity contribution is 7.10. The molecule has 1 aliphatic carbocycles. The van der Waals surface area contributed by atoms with Gasteiger partial charge < -0.3 is 4.52 Å². The molecule has 1 aliphatic rings. The van der Waals surface area contributed by atoms with Crippen LogP contribution in [0, 0.1) is 5.92 Å². The van der Waals surface area contributed by atoms with E-state index in [4.69, 9.17) is 11.8 Å². The minimum absolute atomic E-state index is 0.0908. The fourth-order valence-corrected chi connectivity index (χ4v) is 1.56. The maximum absolute atomic E-state index is 11.1. The molecule has 0 aromatic rings. The van der Waals surface area contributed by atoms with Crippen LogP contribution in [0.15, 0.2) is 12.7 Å². The first-order valence-electron chi connectivity index (χ1n) is 3.12. The predicted octanol–water partition coefficient (Wildman–Crippen LogP) is 1.01. The molecule has 0 bridgehead atoms. The molecule has 0 heterocycles. The molecule has 0 saturated heterocycles. The zero-order valence-electron chi connectivity index (χ0n) is 5.84. The maximum Gasteiger partial charge on any atom is 0.330 e. The van der Waals surface area contributed by atoms with Crippen molar-refractivity contribution in [2.75, 3.05) is 0 Å². The molecule has 62 valence electrons. The van der Waals surface area contributed by atoms with Crippen LogP contribution in [0.4, 0.5) is 0 Å². The van der Waals surface area contributed by atoms with Crippen molar-refractivity contribution < 1.29 is 9.32 Å². The summed E-state index contributed by atoms with van der Waals surface area (Å²) in [7, 11) is 1.90. The van der Waals surface area contributed by atoms with Gasteiger partial charge in [0.25, 0.3) is 0 Å². The van der Waals surface area contributed by atoms with Gasteiger partial charge in [0.1, 0.15) is 5.54 Å². The van der Waals surface area contributed by atoms with Gasteiger partial charge in [-0.3, -0.25) is 0 Å². The Bertz CT molecular complexity index is 199.